The summed E-state index contributed by atoms with van der Waals surface area (Å²) in [6, 6.07) is 20.2. The number of urea groups is 1. The number of nitrogens with one attached hydrogen (secondary N) is 2. The number of nitrogens with zero attached hydrogens (tertiary/aromatic N) is 1. The second-order valence-corrected chi connectivity index (χ2v) is 7.27. The van der Waals surface area contributed by atoms with E-state index in [1.807, 2.05) is 61.5 Å². The van der Waals surface area contributed by atoms with Crippen molar-refractivity contribution in [3.8, 4) is 17.2 Å². The van der Waals surface area contributed by atoms with Gasteiger partial charge in [0.2, 0.25) is 0 Å². The molecule has 0 fully saturated rings. The van der Waals surface area contributed by atoms with Crippen LogP contribution in [0.5, 0.6) is 17.2 Å². The van der Waals surface area contributed by atoms with Crippen LogP contribution < -0.4 is 25.0 Å². The van der Waals surface area contributed by atoms with Crippen molar-refractivity contribution >= 4 is 17.9 Å². The minimum absolute atomic E-state index is 0.377. The zero-order valence-electron chi connectivity index (χ0n) is 19.1. The number of hydrogen-bond acceptors (Lipinski definition) is 5. The largest absolute Gasteiger partial charge is 0.490 e. The number of ether oxygens (including phenoxy) is 3. The van der Waals surface area contributed by atoms with Crippen LogP contribution in [-0.2, 0) is 0 Å². The van der Waals surface area contributed by atoms with Crippen LogP contribution in [0.4, 0.5) is 10.5 Å². The molecule has 0 aliphatic heterocycles. The monoisotopic (exact) mass is 447 g/mol. The summed E-state index contributed by atoms with van der Waals surface area (Å²) < 4.78 is 17.3. The molecule has 2 N–H and O–H groups in total. The van der Waals surface area contributed by atoms with E-state index in [0.29, 0.717) is 37.0 Å². The highest BCUT2D eigenvalue weighted by Crippen LogP contribution is 2.28. The van der Waals surface area contributed by atoms with Crippen LogP contribution in [0.3, 0.4) is 0 Å². The number of benzene rings is 3. The minimum Gasteiger partial charge on any atom is -0.490 e. The van der Waals surface area contributed by atoms with Crippen molar-refractivity contribution in [1.82, 2.24) is 5.43 Å². The minimum atomic E-state index is -0.425. The summed E-state index contributed by atoms with van der Waals surface area (Å²) in [5.74, 6) is 2.04. The molecule has 0 aromatic heterocycles. The van der Waals surface area contributed by atoms with E-state index in [9.17, 15) is 4.79 Å². The van der Waals surface area contributed by atoms with Crippen molar-refractivity contribution in [2.75, 3.05) is 25.1 Å². The Morgan fingerprint density at radius 2 is 1.67 bits per heavy atom. The summed E-state index contributed by atoms with van der Waals surface area (Å²) in [7, 11) is 0. The van der Waals surface area contributed by atoms with Gasteiger partial charge in [0.05, 0.1) is 12.8 Å². The third kappa shape index (κ3) is 7.57. The molecular weight excluding hydrogens is 418 g/mol. The summed E-state index contributed by atoms with van der Waals surface area (Å²) in [6.07, 6.45) is 1.54. The second kappa shape index (κ2) is 12.1. The number of hydrazone groups is 1. The number of anilines is 1. The van der Waals surface area contributed by atoms with Gasteiger partial charge in [-0.2, -0.15) is 5.10 Å². The first-order chi connectivity index (χ1) is 16.0. The fourth-order valence-corrected chi connectivity index (χ4v) is 2.95. The first-order valence-electron chi connectivity index (χ1n) is 10.8. The zero-order valence-corrected chi connectivity index (χ0v) is 19.1. The maximum atomic E-state index is 11.9. The van der Waals surface area contributed by atoms with Gasteiger partial charge in [0, 0.05) is 5.69 Å². The van der Waals surface area contributed by atoms with E-state index >= 15 is 0 Å². The molecule has 7 nitrogen and oxygen atoms in total. The molecule has 7 heteroatoms. The standard InChI is InChI=1S/C26H29N3O4/c1-4-31-25-17-21(18-27-29-26(30)28-22-8-6-5-7-9-22)11-13-24(25)33-15-14-32-23-12-10-19(2)20(3)16-23/h5-13,16-18H,4,14-15H2,1-3H3,(H2,28,29,30)/b27-18-. The summed E-state index contributed by atoms with van der Waals surface area (Å²) in [5.41, 5.74) is 6.31. The fourth-order valence-electron chi connectivity index (χ4n) is 2.95. The molecule has 0 bridgehead atoms. The van der Waals surface area contributed by atoms with E-state index < -0.39 is 6.03 Å². The van der Waals surface area contributed by atoms with E-state index in [4.69, 9.17) is 14.2 Å². The quantitative estimate of drug-likeness (QED) is 0.251. The van der Waals surface area contributed by atoms with Crippen molar-refractivity contribution in [3.05, 3.63) is 83.4 Å². The third-order valence-electron chi connectivity index (χ3n) is 4.77. The predicted octanol–water partition coefficient (Wildman–Crippen LogP) is 5.32. The zero-order chi connectivity index (χ0) is 23.5. The smallest absolute Gasteiger partial charge is 0.339 e. The lowest BCUT2D eigenvalue weighted by atomic mass is 10.1. The van der Waals surface area contributed by atoms with Gasteiger partial charge in [0.25, 0.3) is 0 Å². The van der Waals surface area contributed by atoms with Gasteiger partial charge in [0.1, 0.15) is 19.0 Å². The molecule has 0 saturated carbocycles. The van der Waals surface area contributed by atoms with Crippen LogP contribution in [0.2, 0.25) is 0 Å². The Balaban J connectivity index is 1.51. The molecule has 2 amide bonds. The first-order valence-corrected chi connectivity index (χ1v) is 10.8. The molecule has 33 heavy (non-hydrogen) atoms. The molecule has 172 valence electrons. The normalized spacial score (nSPS) is 10.6. The lowest BCUT2D eigenvalue weighted by Gasteiger charge is -2.13. The Hall–Kier alpha value is -4.00. The molecule has 0 heterocycles. The van der Waals surface area contributed by atoms with Gasteiger partial charge in [0.15, 0.2) is 11.5 Å². The SMILES string of the molecule is CCOc1cc(/C=N\NC(=O)Nc2ccccc2)ccc1OCCOc1ccc(C)c(C)c1. The Morgan fingerprint density at radius 1 is 0.879 bits per heavy atom. The number of rotatable bonds is 10. The van der Waals surface area contributed by atoms with Crippen LogP contribution in [0.15, 0.2) is 71.8 Å². The summed E-state index contributed by atoms with van der Waals surface area (Å²) in [6.45, 7) is 7.32. The molecule has 3 rings (SSSR count). The highest BCUT2D eigenvalue weighted by molar-refractivity contribution is 5.90. The highest BCUT2D eigenvalue weighted by atomic mass is 16.5. The van der Waals surface area contributed by atoms with Crippen LogP contribution in [-0.4, -0.2) is 32.1 Å². The van der Waals surface area contributed by atoms with Gasteiger partial charge in [-0.15, -0.1) is 0 Å². The van der Waals surface area contributed by atoms with Crippen LogP contribution in [0.25, 0.3) is 0 Å². The van der Waals surface area contributed by atoms with E-state index in [0.717, 1.165) is 11.3 Å². The average Bonchev–Trinajstić information content (AvgIpc) is 2.81. The molecule has 0 aliphatic rings. The van der Waals surface area contributed by atoms with E-state index in [2.05, 4.69) is 29.7 Å². The van der Waals surface area contributed by atoms with E-state index in [1.54, 1.807) is 18.3 Å². The predicted molar refractivity (Wildman–Crippen MR) is 131 cm³/mol. The second-order valence-electron chi connectivity index (χ2n) is 7.27. The molecule has 3 aromatic carbocycles. The molecule has 0 unspecified atom stereocenters. The van der Waals surface area contributed by atoms with Crippen LogP contribution in [0, 0.1) is 13.8 Å². The van der Waals surface area contributed by atoms with Crippen molar-refractivity contribution < 1.29 is 19.0 Å². The van der Waals surface area contributed by atoms with Gasteiger partial charge in [-0.3, -0.25) is 0 Å². The fraction of sp³-hybridized carbons (Fsp3) is 0.231. The summed E-state index contributed by atoms with van der Waals surface area (Å²) in [4.78, 5) is 11.9. The van der Waals surface area contributed by atoms with E-state index in [1.165, 1.54) is 11.1 Å². The summed E-state index contributed by atoms with van der Waals surface area (Å²) >= 11 is 0. The third-order valence-corrected chi connectivity index (χ3v) is 4.77. The number of carbonyl (C=O) groups is 1. The Kier molecular flexibility index (Phi) is 8.71. The van der Waals surface area contributed by atoms with Gasteiger partial charge in [-0.1, -0.05) is 24.3 Å². The molecular formula is C26H29N3O4. The Bertz CT molecular complexity index is 1080. The highest BCUT2D eigenvalue weighted by Gasteiger charge is 2.07. The lowest BCUT2D eigenvalue weighted by molar-refractivity contribution is 0.208. The molecule has 0 aliphatic carbocycles. The number of para-hydroxylation sites is 1. The average molecular weight is 448 g/mol. The molecule has 0 radical (unpaired) electrons. The van der Waals surface area contributed by atoms with Gasteiger partial charge < -0.3 is 19.5 Å². The Labute approximate surface area is 194 Å². The number of aryl methyl sites for hydroxylation is 2. The molecule has 0 saturated heterocycles. The Morgan fingerprint density at radius 3 is 2.42 bits per heavy atom. The molecule has 0 spiro atoms. The van der Waals surface area contributed by atoms with E-state index in [-0.39, 0.29) is 0 Å². The number of hydrogen-bond donors (Lipinski definition) is 2. The first kappa shape index (κ1) is 23.7. The molecule has 0 atom stereocenters. The number of amides is 2. The summed E-state index contributed by atoms with van der Waals surface area (Å²) in [5, 5.41) is 6.68. The molecule has 3 aromatic rings. The topological polar surface area (TPSA) is 81.2 Å². The number of carbonyl (C=O) groups excluding carboxylic acids is 1. The van der Waals surface area contributed by atoms with Gasteiger partial charge in [-0.05, 0) is 79.9 Å². The lowest BCUT2D eigenvalue weighted by Crippen LogP contribution is -2.24. The van der Waals surface area contributed by atoms with Crippen LogP contribution >= 0.6 is 0 Å². The maximum absolute atomic E-state index is 11.9. The van der Waals surface area contributed by atoms with Gasteiger partial charge >= 0.3 is 6.03 Å². The van der Waals surface area contributed by atoms with Crippen molar-refractivity contribution in [1.29, 1.82) is 0 Å². The van der Waals surface area contributed by atoms with Crippen molar-refractivity contribution in [2.24, 2.45) is 5.10 Å². The van der Waals surface area contributed by atoms with Crippen molar-refractivity contribution in [2.45, 2.75) is 20.8 Å². The maximum Gasteiger partial charge on any atom is 0.339 e. The van der Waals surface area contributed by atoms with Crippen LogP contribution in [0.1, 0.15) is 23.6 Å². The van der Waals surface area contributed by atoms with Crippen molar-refractivity contribution in [3.63, 3.8) is 0 Å². The van der Waals surface area contributed by atoms with Gasteiger partial charge in [-0.25, -0.2) is 10.2 Å².